The van der Waals surface area contributed by atoms with Gasteiger partial charge in [-0.1, -0.05) is 0 Å². The van der Waals surface area contributed by atoms with E-state index in [1.54, 1.807) is 24.3 Å². The van der Waals surface area contributed by atoms with Crippen LogP contribution in [0.1, 0.15) is 17.3 Å². The summed E-state index contributed by atoms with van der Waals surface area (Å²) in [5.41, 5.74) is 1.52. The predicted octanol–water partition coefficient (Wildman–Crippen LogP) is 3.64. The number of quaternary nitrogens is 1. The molecule has 1 aliphatic heterocycles. The standard InChI is InChI=1S/C17H14ClF2N2O/c1-22(10-15(18)23)16(11-2-6-13(19)7-3-11)21-17(22)12-4-8-14(20)9-5-12/h2-9,16H,10H2,1H3/q+1. The molecule has 0 amide bonds. The molecule has 6 heteroatoms. The number of halogens is 3. The first-order chi connectivity index (χ1) is 10.9. The molecule has 0 aromatic heterocycles. The number of amidine groups is 1. The second kappa shape index (κ2) is 5.83. The molecule has 0 saturated heterocycles. The first kappa shape index (κ1) is 15.8. The summed E-state index contributed by atoms with van der Waals surface area (Å²) >= 11 is 5.60. The summed E-state index contributed by atoms with van der Waals surface area (Å²) in [4.78, 5) is 16.0. The zero-order chi connectivity index (χ0) is 16.6. The Labute approximate surface area is 137 Å². The topological polar surface area (TPSA) is 29.4 Å². The van der Waals surface area contributed by atoms with Crippen molar-refractivity contribution in [2.75, 3.05) is 13.6 Å². The van der Waals surface area contributed by atoms with Gasteiger partial charge >= 0.3 is 0 Å². The second-order valence-electron chi connectivity index (χ2n) is 5.67. The van der Waals surface area contributed by atoms with Gasteiger partial charge in [-0.2, -0.15) is 4.99 Å². The van der Waals surface area contributed by atoms with Crippen LogP contribution in [-0.2, 0) is 4.79 Å². The van der Waals surface area contributed by atoms with Gasteiger partial charge in [-0.25, -0.2) is 13.3 Å². The normalized spacial score (nSPS) is 23.1. The van der Waals surface area contributed by atoms with Crippen LogP contribution in [0.5, 0.6) is 0 Å². The van der Waals surface area contributed by atoms with Crippen LogP contribution in [0.3, 0.4) is 0 Å². The van der Waals surface area contributed by atoms with E-state index < -0.39 is 5.24 Å². The lowest BCUT2D eigenvalue weighted by Gasteiger charge is -2.45. The molecule has 23 heavy (non-hydrogen) atoms. The molecule has 0 spiro atoms. The highest BCUT2D eigenvalue weighted by molar-refractivity contribution is 6.64. The Hall–Kier alpha value is -2.11. The second-order valence-corrected chi connectivity index (χ2v) is 6.09. The van der Waals surface area contributed by atoms with Crippen molar-refractivity contribution in [3.05, 3.63) is 71.3 Å². The summed E-state index contributed by atoms with van der Waals surface area (Å²) in [6, 6.07) is 11.9. The van der Waals surface area contributed by atoms with E-state index in [-0.39, 0.29) is 28.8 Å². The molecule has 118 valence electrons. The number of aliphatic imine (C=N–C) groups is 1. The van der Waals surface area contributed by atoms with Crippen molar-refractivity contribution < 1.29 is 18.1 Å². The van der Waals surface area contributed by atoms with Crippen LogP contribution in [0.25, 0.3) is 0 Å². The molecule has 0 bridgehead atoms. The van der Waals surface area contributed by atoms with Crippen LogP contribution in [0, 0.1) is 11.6 Å². The number of benzene rings is 2. The quantitative estimate of drug-likeness (QED) is 0.619. The molecule has 1 aliphatic rings. The van der Waals surface area contributed by atoms with E-state index in [2.05, 4.69) is 4.99 Å². The lowest BCUT2D eigenvalue weighted by Crippen LogP contribution is -2.60. The number of hydrogen-bond donors (Lipinski definition) is 0. The smallest absolute Gasteiger partial charge is 0.275 e. The van der Waals surface area contributed by atoms with Gasteiger partial charge in [0.15, 0.2) is 6.54 Å². The summed E-state index contributed by atoms with van der Waals surface area (Å²) in [7, 11) is 1.83. The Morgan fingerprint density at radius 1 is 1.09 bits per heavy atom. The minimum atomic E-state index is -0.492. The molecule has 2 aromatic carbocycles. The van der Waals surface area contributed by atoms with Crippen molar-refractivity contribution in [2.45, 2.75) is 6.17 Å². The van der Waals surface area contributed by atoms with Crippen LogP contribution >= 0.6 is 11.6 Å². The Morgan fingerprint density at radius 3 is 2.13 bits per heavy atom. The maximum Gasteiger partial charge on any atom is 0.276 e. The third kappa shape index (κ3) is 2.90. The molecule has 1 heterocycles. The predicted molar refractivity (Wildman–Crippen MR) is 84.0 cm³/mol. The molecule has 3 rings (SSSR count). The van der Waals surface area contributed by atoms with Crippen molar-refractivity contribution >= 4 is 22.7 Å². The van der Waals surface area contributed by atoms with Crippen molar-refractivity contribution in [1.29, 1.82) is 0 Å². The molecule has 2 unspecified atom stereocenters. The Morgan fingerprint density at radius 2 is 1.61 bits per heavy atom. The lowest BCUT2D eigenvalue weighted by atomic mass is 10.0. The number of carbonyl (C=O) groups is 1. The molecule has 3 nitrogen and oxygen atoms in total. The molecule has 0 fully saturated rings. The zero-order valence-corrected chi connectivity index (χ0v) is 13.1. The summed E-state index contributed by atoms with van der Waals surface area (Å²) in [6.45, 7) is 0.0415. The highest BCUT2D eigenvalue weighted by Gasteiger charge is 2.49. The van der Waals surface area contributed by atoms with Gasteiger partial charge in [-0.15, -0.1) is 0 Å². The molecular formula is C17H14ClF2N2O+. The maximum atomic E-state index is 13.1. The summed E-state index contributed by atoms with van der Waals surface area (Å²) in [5, 5.41) is -0.492. The van der Waals surface area contributed by atoms with Gasteiger partial charge in [0.2, 0.25) is 12.0 Å². The maximum absolute atomic E-state index is 13.1. The zero-order valence-electron chi connectivity index (χ0n) is 12.3. The van der Waals surface area contributed by atoms with E-state index >= 15 is 0 Å². The largest absolute Gasteiger partial charge is 0.276 e. The van der Waals surface area contributed by atoms with E-state index in [4.69, 9.17) is 11.6 Å². The summed E-state index contributed by atoms with van der Waals surface area (Å²) in [5.74, 6) is -0.0295. The van der Waals surface area contributed by atoms with Crippen molar-refractivity contribution in [3.8, 4) is 0 Å². The summed E-state index contributed by atoms with van der Waals surface area (Å²) < 4.78 is 26.4. The van der Waals surface area contributed by atoms with Crippen molar-refractivity contribution in [1.82, 2.24) is 0 Å². The van der Waals surface area contributed by atoms with Gasteiger partial charge in [0.05, 0.1) is 12.6 Å². The van der Waals surface area contributed by atoms with Gasteiger partial charge in [0.25, 0.3) is 5.24 Å². The number of hydrogen-bond acceptors (Lipinski definition) is 2. The van der Waals surface area contributed by atoms with Crippen molar-refractivity contribution in [2.24, 2.45) is 4.99 Å². The summed E-state index contributed by atoms with van der Waals surface area (Å²) in [6.07, 6.45) is -0.349. The van der Waals surface area contributed by atoms with Crippen LogP contribution in [0.4, 0.5) is 8.78 Å². The fraction of sp³-hybridized carbons (Fsp3) is 0.176. The van der Waals surface area contributed by atoms with Gasteiger partial charge in [-0.3, -0.25) is 4.79 Å². The fourth-order valence-electron chi connectivity index (χ4n) is 2.86. The van der Waals surface area contributed by atoms with E-state index in [0.29, 0.717) is 5.84 Å². The van der Waals surface area contributed by atoms with Gasteiger partial charge in [0, 0.05) is 5.56 Å². The number of nitrogens with zero attached hydrogens (tertiary/aromatic N) is 2. The van der Waals surface area contributed by atoms with Gasteiger partial charge in [0.1, 0.15) is 11.6 Å². The first-order valence-electron chi connectivity index (χ1n) is 7.03. The van der Waals surface area contributed by atoms with Gasteiger partial charge < -0.3 is 0 Å². The highest BCUT2D eigenvalue weighted by Crippen LogP contribution is 2.39. The van der Waals surface area contributed by atoms with E-state index in [1.807, 2.05) is 7.05 Å². The first-order valence-corrected chi connectivity index (χ1v) is 7.41. The third-order valence-electron chi connectivity index (χ3n) is 3.99. The number of likely N-dealkylation sites (N-methyl/N-ethyl adjacent to an activating group) is 1. The Bertz CT molecular complexity index is 774. The van der Waals surface area contributed by atoms with E-state index in [9.17, 15) is 13.6 Å². The molecule has 0 saturated carbocycles. The van der Waals surface area contributed by atoms with E-state index in [1.165, 1.54) is 24.3 Å². The average Bonchev–Trinajstić information content (AvgIpc) is 2.49. The highest BCUT2D eigenvalue weighted by atomic mass is 35.5. The van der Waals surface area contributed by atoms with E-state index in [0.717, 1.165) is 11.1 Å². The average molecular weight is 336 g/mol. The molecule has 0 N–H and O–H groups in total. The lowest BCUT2D eigenvalue weighted by molar-refractivity contribution is -0.864. The minimum Gasteiger partial charge on any atom is -0.275 e. The number of carbonyl (C=O) groups excluding carboxylic acids is 1. The van der Waals surface area contributed by atoms with Crippen molar-refractivity contribution in [3.63, 3.8) is 0 Å². The van der Waals surface area contributed by atoms with Crippen LogP contribution in [0.15, 0.2) is 53.5 Å². The minimum absolute atomic E-state index is 0.0415. The SMILES string of the molecule is C[N+]1(CC(=O)Cl)C(c2ccc(F)cc2)=NC1c1ccc(F)cc1. The molecule has 2 aromatic rings. The van der Waals surface area contributed by atoms with Crippen LogP contribution < -0.4 is 0 Å². The van der Waals surface area contributed by atoms with Gasteiger partial charge in [-0.05, 0) is 60.1 Å². The monoisotopic (exact) mass is 335 g/mol. The number of rotatable bonds is 4. The Balaban J connectivity index is 2.01. The van der Waals surface area contributed by atoms with Crippen LogP contribution in [-0.4, -0.2) is 29.2 Å². The molecule has 2 atom stereocenters. The van der Waals surface area contributed by atoms with Crippen LogP contribution in [0.2, 0.25) is 0 Å². The molecular weight excluding hydrogens is 322 g/mol. The fourth-order valence-corrected chi connectivity index (χ4v) is 3.11. The third-order valence-corrected chi connectivity index (χ3v) is 4.11. The molecule has 0 radical (unpaired) electrons. The molecule has 0 aliphatic carbocycles. The Kier molecular flexibility index (Phi) is 4.00.